The van der Waals surface area contributed by atoms with Gasteiger partial charge in [-0.1, -0.05) is 36.6 Å². The number of nitrogens with one attached hydrogen (secondary N) is 2. The van der Waals surface area contributed by atoms with Crippen LogP contribution >= 0.6 is 11.6 Å². The van der Waals surface area contributed by atoms with Gasteiger partial charge in [0.1, 0.15) is 0 Å². The third kappa shape index (κ3) is 6.67. The Hall–Kier alpha value is -1.93. The van der Waals surface area contributed by atoms with E-state index in [1.54, 1.807) is 0 Å². The first-order valence-corrected chi connectivity index (χ1v) is 8.96. The molecule has 130 valence electrons. The van der Waals surface area contributed by atoms with Gasteiger partial charge in [0.2, 0.25) is 0 Å². The number of rotatable bonds is 7. The lowest BCUT2D eigenvalue weighted by Gasteiger charge is -2.27. The highest BCUT2D eigenvalue weighted by Gasteiger charge is 2.17. The Morgan fingerprint density at radius 1 is 1.21 bits per heavy atom. The van der Waals surface area contributed by atoms with Crippen molar-refractivity contribution in [2.24, 2.45) is 5.92 Å². The van der Waals surface area contributed by atoms with E-state index in [1.165, 1.54) is 6.42 Å². The Kier molecular flexibility index (Phi) is 7.70. The molecule has 0 saturated carbocycles. The summed E-state index contributed by atoms with van der Waals surface area (Å²) >= 11 is 5.83. The quantitative estimate of drug-likeness (QED) is 0.585. The maximum Gasteiger partial charge on any atom is 0.315 e. The van der Waals surface area contributed by atoms with Gasteiger partial charge in [-0.15, -0.1) is 0 Å². The van der Waals surface area contributed by atoms with E-state index in [2.05, 4.69) is 16.8 Å². The summed E-state index contributed by atoms with van der Waals surface area (Å²) in [5.41, 5.74) is 1.03. The molecule has 5 nitrogen and oxygen atoms in total. The third-order valence-electron chi connectivity index (χ3n) is 4.45. The van der Waals surface area contributed by atoms with Crippen molar-refractivity contribution >= 4 is 17.6 Å². The Bertz CT molecular complexity index is 547. The van der Waals surface area contributed by atoms with Gasteiger partial charge in [-0.25, -0.2) is 4.79 Å². The fourth-order valence-electron chi connectivity index (χ4n) is 2.93. The molecule has 0 aliphatic carbocycles. The molecular weight excluding hydrogens is 324 g/mol. The van der Waals surface area contributed by atoms with Crippen LogP contribution in [0.15, 0.2) is 24.3 Å². The molecule has 1 heterocycles. The molecule has 1 aromatic rings. The van der Waals surface area contributed by atoms with Crippen molar-refractivity contribution in [3.05, 3.63) is 34.9 Å². The van der Waals surface area contributed by atoms with Crippen molar-refractivity contribution < 1.29 is 4.79 Å². The van der Waals surface area contributed by atoms with E-state index in [4.69, 9.17) is 16.9 Å². The highest BCUT2D eigenvalue weighted by Crippen LogP contribution is 2.21. The first kappa shape index (κ1) is 18.4. The molecule has 1 fully saturated rings. The number of halogens is 1. The number of piperidine rings is 1. The third-order valence-corrected chi connectivity index (χ3v) is 4.70. The highest BCUT2D eigenvalue weighted by atomic mass is 35.5. The van der Waals surface area contributed by atoms with Crippen molar-refractivity contribution in [2.45, 2.75) is 38.6 Å². The first-order chi connectivity index (χ1) is 11.7. The topological polar surface area (TPSA) is 68.2 Å². The fraction of sp³-hybridized carbons (Fsp3) is 0.556. The van der Waals surface area contributed by atoms with E-state index >= 15 is 0 Å². The molecule has 2 rings (SSSR count). The van der Waals surface area contributed by atoms with E-state index in [0.29, 0.717) is 18.1 Å². The van der Waals surface area contributed by atoms with Crippen LogP contribution in [0.5, 0.6) is 0 Å². The number of carbonyl (C=O) groups excluding carboxylic acids is 1. The normalized spacial score (nSPS) is 14.9. The predicted molar refractivity (Wildman–Crippen MR) is 95.5 cm³/mol. The molecule has 24 heavy (non-hydrogen) atoms. The summed E-state index contributed by atoms with van der Waals surface area (Å²) in [6.45, 7) is 2.99. The number of nitriles is 1. The number of likely N-dealkylation sites (tertiary alicyclic amines) is 1. The molecule has 2 amide bonds. The Morgan fingerprint density at radius 2 is 1.92 bits per heavy atom. The largest absolute Gasteiger partial charge is 0.338 e. The molecule has 0 atom stereocenters. The fourth-order valence-corrected chi connectivity index (χ4v) is 3.05. The van der Waals surface area contributed by atoms with Crippen LogP contribution in [0.3, 0.4) is 0 Å². The maximum atomic E-state index is 11.7. The highest BCUT2D eigenvalue weighted by molar-refractivity contribution is 6.30. The molecule has 1 aliphatic heterocycles. The number of hydrogen-bond acceptors (Lipinski definition) is 3. The minimum absolute atomic E-state index is 0.132. The summed E-state index contributed by atoms with van der Waals surface area (Å²) in [6.07, 6.45) is 7.74. The average Bonchev–Trinajstić information content (AvgIpc) is 2.61. The maximum absolute atomic E-state index is 11.7. The summed E-state index contributed by atoms with van der Waals surface area (Å²) in [4.78, 5) is 13.6. The van der Waals surface area contributed by atoms with E-state index < -0.39 is 0 Å². The van der Waals surface area contributed by atoms with Gasteiger partial charge in [-0.2, -0.15) is 5.26 Å². The minimum atomic E-state index is -0.132. The van der Waals surface area contributed by atoms with E-state index in [-0.39, 0.29) is 6.03 Å². The van der Waals surface area contributed by atoms with Crippen LogP contribution in [0, 0.1) is 17.4 Å². The zero-order valence-electron chi connectivity index (χ0n) is 13.9. The second-order valence-electron chi connectivity index (χ2n) is 6.26. The van der Waals surface area contributed by atoms with E-state index in [0.717, 1.165) is 50.3 Å². The Labute approximate surface area is 149 Å². The lowest BCUT2D eigenvalue weighted by Crippen LogP contribution is -2.35. The smallest absolute Gasteiger partial charge is 0.315 e. The Balaban J connectivity index is 1.49. The van der Waals surface area contributed by atoms with Crippen molar-refractivity contribution in [1.82, 2.24) is 15.5 Å². The Morgan fingerprint density at radius 3 is 2.58 bits per heavy atom. The van der Waals surface area contributed by atoms with Gasteiger partial charge < -0.3 is 15.5 Å². The van der Waals surface area contributed by atoms with Crippen LogP contribution in [-0.4, -0.2) is 30.6 Å². The van der Waals surface area contributed by atoms with Crippen LogP contribution < -0.4 is 10.6 Å². The second kappa shape index (κ2) is 10.0. The molecule has 1 saturated heterocycles. The van der Waals surface area contributed by atoms with Gasteiger partial charge in [-0.3, -0.25) is 0 Å². The molecule has 0 spiro atoms. The number of benzene rings is 1. The number of nitrogens with zero attached hydrogens (tertiary/aromatic N) is 2. The van der Waals surface area contributed by atoms with Crippen molar-refractivity contribution in [2.75, 3.05) is 19.6 Å². The van der Waals surface area contributed by atoms with Crippen molar-refractivity contribution in [3.63, 3.8) is 0 Å². The van der Waals surface area contributed by atoms with Crippen LogP contribution in [0.2, 0.25) is 5.02 Å². The zero-order valence-corrected chi connectivity index (χ0v) is 14.7. The number of unbranched alkanes of at least 4 members (excludes halogenated alkanes) is 1. The van der Waals surface area contributed by atoms with Crippen LogP contribution in [-0.2, 0) is 6.54 Å². The summed E-state index contributed by atoms with van der Waals surface area (Å²) < 4.78 is 0. The lowest BCUT2D eigenvalue weighted by atomic mass is 9.92. The van der Waals surface area contributed by atoms with Gasteiger partial charge in [0, 0.05) is 31.2 Å². The standard InChI is InChI=1S/C18H25ClN4O/c19-17-6-4-16(5-7-17)13-22-18(24)21-10-2-1-3-15-8-11-23(14-20)12-9-15/h4-7,15H,1-3,8-13H2,(H2,21,22,24). The molecule has 0 aromatic heterocycles. The molecule has 0 bridgehead atoms. The number of urea groups is 1. The molecule has 0 unspecified atom stereocenters. The number of carbonyl (C=O) groups is 1. The average molecular weight is 349 g/mol. The molecule has 2 N–H and O–H groups in total. The van der Waals surface area contributed by atoms with Crippen LogP contribution in [0.1, 0.15) is 37.7 Å². The molecule has 1 aliphatic rings. The van der Waals surface area contributed by atoms with Crippen molar-refractivity contribution in [3.8, 4) is 6.19 Å². The predicted octanol–water partition coefficient (Wildman–Crippen LogP) is 3.50. The van der Waals surface area contributed by atoms with Gasteiger partial charge in [0.15, 0.2) is 6.19 Å². The van der Waals surface area contributed by atoms with Crippen molar-refractivity contribution in [1.29, 1.82) is 5.26 Å². The molecule has 1 aromatic carbocycles. The van der Waals surface area contributed by atoms with Crippen LogP contribution in [0.25, 0.3) is 0 Å². The summed E-state index contributed by atoms with van der Waals surface area (Å²) in [5, 5.41) is 15.3. The first-order valence-electron chi connectivity index (χ1n) is 8.58. The summed E-state index contributed by atoms with van der Waals surface area (Å²) in [5.74, 6) is 0.730. The monoisotopic (exact) mass is 348 g/mol. The zero-order chi connectivity index (χ0) is 17.2. The molecular formula is C18H25ClN4O. The SMILES string of the molecule is N#CN1CCC(CCCCNC(=O)NCc2ccc(Cl)cc2)CC1. The van der Waals surface area contributed by atoms with Gasteiger partial charge >= 0.3 is 6.03 Å². The second-order valence-corrected chi connectivity index (χ2v) is 6.70. The summed E-state index contributed by atoms with van der Waals surface area (Å²) in [7, 11) is 0. The van der Waals surface area contributed by atoms with Gasteiger partial charge in [0.25, 0.3) is 0 Å². The lowest BCUT2D eigenvalue weighted by molar-refractivity contribution is 0.236. The molecule has 0 radical (unpaired) electrons. The van der Waals surface area contributed by atoms with Gasteiger partial charge in [-0.05, 0) is 42.9 Å². The van der Waals surface area contributed by atoms with E-state index in [9.17, 15) is 4.79 Å². The van der Waals surface area contributed by atoms with Crippen LogP contribution in [0.4, 0.5) is 4.79 Å². The minimum Gasteiger partial charge on any atom is -0.338 e. The van der Waals surface area contributed by atoms with Gasteiger partial charge in [0.05, 0.1) is 0 Å². The number of hydrogen-bond donors (Lipinski definition) is 2. The molecule has 6 heteroatoms. The summed E-state index contributed by atoms with van der Waals surface area (Å²) in [6, 6.07) is 7.31. The van der Waals surface area contributed by atoms with E-state index in [1.807, 2.05) is 29.2 Å². The number of amides is 2.